The van der Waals surface area contributed by atoms with Gasteiger partial charge in [-0.05, 0) is 58.2 Å². The maximum atomic E-state index is 13.3. The summed E-state index contributed by atoms with van der Waals surface area (Å²) in [5.41, 5.74) is 2.10. The Balaban J connectivity index is 1.97. The number of hydrogen-bond acceptors (Lipinski definition) is 2. The van der Waals surface area contributed by atoms with Gasteiger partial charge in [0.05, 0.1) is 4.47 Å². The Labute approximate surface area is 114 Å². The molecular formula is C14H14BrFN2. The lowest BCUT2D eigenvalue weighted by molar-refractivity contribution is 0.568. The number of pyridine rings is 1. The molecule has 0 aliphatic carbocycles. The Kier molecular flexibility index (Phi) is 4.44. The van der Waals surface area contributed by atoms with Crippen LogP contribution in [0.15, 0.2) is 47.2 Å². The third-order valence-corrected chi connectivity index (χ3v) is 3.45. The predicted molar refractivity (Wildman–Crippen MR) is 73.6 cm³/mol. The third-order valence-electron chi connectivity index (χ3n) is 2.80. The van der Waals surface area contributed by atoms with Crippen LogP contribution in [-0.2, 0) is 6.54 Å². The van der Waals surface area contributed by atoms with Crippen molar-refractivity contribution in [3.05, 3.63) is 64.1 Å². The summed E-state index contributed by atoms with van der Waals surface area (Å²) in [4.78, 5) is 3.98. The topological polar surface area (TPSA) is 24.9 Å². The average Bonchev–Trinajstić information content (AvgIpc) is 2.41. The van der Waals surface area contributed by atoms with Crippen molar-refractivity contribution in [2.45, 2.75) is 19.5 Å². The van der Waals surface area contributed by atoms with E-state index in [4.69, 9.17) is 0 Å². The predicted octanol–water partition coefficient (Wildman–Crippen LogP) is 3.83. The second kappa shape index (κ2) is 6.07. The Bertz CT molecular complexity index is 516. The fourth-order valence-corrected chi connectivity index (χ4v) is 1.94. The molecule has 1 aromatic carbocycles. The molecule has 0 spiro atoms. The van der Waals surface area contributed by atoms with Crippen molar-refractivity contribution in [3.63, 3.8) is 0 Å². The van der Waals surface area contributed by atoms with Crippen LogP contribution in [0, 0.1) is 5.82 Å². The molecule has 0 saturated heterocycles. The summed E-state index contributed by atoms with van der Waals surface area (Å²) >= 11 is 3.14. The van der Waals surface area contributed by atoms with Crippen LogP contribution in [0.3, 0.4) is 0 Å². The fourth-order valence-electron chi connectivity index (χ4n) is 1.69. The van der Waals surface area contributed by atoms with E-state index in [2.05, 4.69) is 33.2 Å². The summed E-state index contributed by atoms with van der Waals surface area (Å²) in [7, 11) is 0. The molecule has 2 nitrogen and oxygen atoms in total. The Morgan fingerprint density at radius 3 is 2.67 bits per heavy atom. The van der Waals surface area contributed by atoms with E-state index in [1.807, 2.05) is 18.2 Å². The molecule has 1 heterocycles. The maximum absolute atomic E-state index is 13.3. The summed E-state index contributed by atoms with van der Waals surface area (Å²) in [5, 5.41) is 3.35. The number of rotatable bonds is 4. The number of benzene rings is 1. The number of halogens is 2. The summed E-state index contributed by atoms with van der Waals surface area (Å²) in [6, 6.07) is 9.32. The molecule has 0 bridgehead atoms. The largest absolute Gasteiger partial charge is 0.306 e. The Hall–Kier alpha value is -1.26. The highest BCUT2D eigenvalue weighted by atomic mass is 79.9. The van der Waals surface area contributed by atoms with Crippen LogP contribution in [0.2, 0.25) is 0 Å². The molecule has 2 aromatic rings. The molecule has 1 unspecified atom stereocenters. The van der Waals surface area contributed by atoms with E-state index >= 15 is 0 Å². The normalized spacial score (nSPS) is 12.4. The highest BCUT2D eigenvalue weighted by molar-refractivity contribution is 9.10. The summed E-state index contributed by atoms with van der Waals surface area (Å²) < 4.78 is 13.8. The van der Waals surface area contributed by atoms with Gasteiger partial charge >= 0.3 is 0 Å². The van der Waals surface area contributed by atoms with Crippen molar-refractivity contribution in [2.24, 2.45) is 0 Å². The number of nitrogens with one attached hydrogen (secondary N) is 1. The van der Waals surface area contributed by atoms with Gasteiger partial charge in [-0.15, -0.1) is 0 Å². The first-order chi connectivity index (χ1) is 8.66. The molecule has 0 fully saturated rings. The first-order valence-corrected chi connectivity index (χ1v) is 6.53. The van der Waals surface area contributed by atoms with Crippen LogP contribution in [0.25, 0.3) is 0 Å². The van der Waals surface area contributed by atoms with Crippen LogP contribution in [0.4, 0.5) is 4.39 Å². The molecule has 2 rings (SSSR count). The SMILES string of the molecule is CC(NCc1ccc(Br)c(F)c1)c1ccncc1. The lowest BCUT2D eigenvalue weighted by Gasteiger charge is -2.14. The van der Waals surface area contributed by atoms with Crippen LogP contribution in [0.5, 0.6) is 0 Å². The molecule has 1 N–H and O–H groups in total. The molecule has 0 radical (unpaired) electrons. The quantitative estimate of drug-likeness (QED) is 0.928. The fraction of sp³-hybridized carbons (Fsp3) is 0.214. The van der Waals surface area contributed by atoms with Gasteiger partial charge in [-0.25, -0.2) is 4.39 Å². The minimum Gasteiger partial charge on any atom is -0.306 e. The van der Waals surface area contributed by atoms with Crippen molar-refractivity contribution in [1.29, 1.82) is 0 Å². The summed E-state index contributed by atoms with van der Waals surface area (Å²) in [5.74, 6) is -0.231. The first-order valence-electron chi connectivity index (χ1n) is 5.74. The zero-order valence-corrected chi connectivity index (χ0v) is 11.6. The molecular weight excluding hydrogens is 295 g/mol. The number of nitrogens with zero attached hydrogens (tertiary/aromatic N) is 1. The minimum absolute atomic E-state index is 0.208. The number of hydrogen-bond donors (Lipinski definition) is 1. The van der Waals surface area contributed by atoms with Crippen molar-refractivity contribution < 1.29 is 4.39 Å². The first kappa shape index (κ1) is 13.2. The number of aromatic nitrogens is 1. The van der Waals surface area contributed by atoms with E-state index in [0.717, 1.165) is 5.56 Å². The van der Waals surface area contributed by atoms with Gasteiger partial charge in [-0.1, -0.05) is 6.07 Å². The van der Waals surface area contributed by atoms with Crippen molar-refractivity contribution in [1.82, 2.24) is 10.3 Å². The van der Waals surface area contributed by atoms with Crippen LogP contribution < -0.4 is 5.32 Å². The highest BCUT2D eigenvalue weighted by Crippen LogP contribution is 2.17. The van der Waals surface area contributed by atoms with Crippen LogP contribution in [-0.4, -0.2) is 4.98 Å². The molecule has 0 aliphatic rings. The van der Waals surface area contributed by atoms with Gasteiger partial charge in [-0.2, -0.15) is 0 Å². The highest BCUT2D eigenvalue weighted by Gasteiger charge is 2.05. The van der Waals surface area contributed by atoms with Gasteiger partial charge in [0.1, 0.15) is 5.82 Å². The standard InChI is InChI=1S/C14H14BrFN2/c1-10(12-4-6-17-7-5-12)18-9-11-2-3-13(15)14(16)8-11/h2-8,10,18H,9H2,1H3. The second-order valence-corrected chi connectivity index (χ2v) is 4.99. The van der Waals surface area contributed by atoms with E-state index in [9.17, 15) is 4.39 Å². The zero-order chi connectivity index (χ0) is 13.0. The smallest absolute Gasteiger partial charge is 0.137 e. The zero-order valence-electron chi connectivity index (χ0n) is 10.0. The van der Waals surface area contributed by atoms with E-state index in [0.29, 0.717) is 11.0 Å². The van der Waals surface area contributed by atoms with Gasteiger partial charge in [0.25, 0.3) is 0 Å². The van der Waals surface area contributed by atoms with Gasteiger partial charge in [0, 0.05) is 25.0 Å². The minimum atomic E-state index is -0.231. The maximum Gasteiger partial charge on any atom is 0.137 e. The van der Waals surface area contributed by atoms with E-state index in [1.54, 1.807) is 18.5 Å². The summed E-state index contributed by atoms with van der Waals surface area (Å²) in [6.07, 6.45) is 3.54. The lowest BCUT2D eigenvalue weighted by atomic mass is 10.1. The lowest BCUT2D eigenvalue weighted by Crippen LogP contribution is -2.18. The van der Waals surface area contributed by atoms with Gasteiger partial charge in [-0.3, -0.25) is 4.98 Å². The molecule has 0 aliphatic heterocycles. The van der Waals surface area contributed by atoms with Crippen molar-refractivity contribution in [2.75, 3.05) is 0 Å². The van der Waals surface area contributed by atoms with Gasteiger partial charge in [0.15, 0.2) is 0 Å². The Morgan fingerprint density at radius 1 is 1.28 bits per heavy atom. The molecule has 18 heavy (non-hydrogen) atoms. The van der Waals surface area contributed by atoms with E-state index in [1.165, 1.54) is 11.6 Å². The van der Waals surface area contributed by atoms with Crippen LogP contribution in [0.1, 0.15) is 24.1 Å². The molecule has 1 aromatic heterocycles. The van der Waals surface area contributed by atoms with E-state index < -0.39 is 0 Å². The van der Waals surface area contributed by atoms with E-state index in [-0.39, 0.29) is 11.9 Å². The monoisotopic (exact) mass is 308 g/mol. The van der Waals surface area contributed by atoms with Gasteiger partial charge in [0.2, 0.25) is 0 Å². The van der Waals surface area contributed by atoms with Crippen LogP contribution >= 0.6 is 15.9 Å². The molecule has 94 valence electrons. The average molecular weight is 309 g/mol. The molecule has 0 saturated carbocycles. The second-order valence-electron chi connectivity index (χ2n) is 4.13. The molecule has 4 heteroatoms. The van der Waals surface area contributed by atoms with Crippen molar-refractivity contribution >= 4 is 15.9 Å². The van der Waals surface area contributed by atoms with Gasteiger partial charge < -0.3 is 5.32 Å². The molecule has 1 atom stereocenters. The summed E-state index contributed by atoms with van der Waals surface area (Å²) in [6.45, 7) is 2.71. The van der Waals surface area contributed by atoms with Crippen molar-refractivity contribution in [3.8, 4) is 0 Å². The Morgan fingerprint density at radius 2 is 2.00 bits per heavy atom. The molecule has 0 amide bonds. The third kappa shape index (κ3) is 3.37.